The van der Waals surface area contributed by atoms with Crippen molar-refractivity contribution in [3.8, 4) is 28.8 Å². The third-order valence-corrected chi connectivity index (χ3v) is 5.06. The van der Waals surface area contributed by atoms with Crippen LogP contribution in [0.25, 0.3) is 11.3 Å². The van der Waals surface area contributed by atoms with E-state index in [-0.39, 0.29) is 18.9 Å². The molecule has 2 aromatic rings. The van der Waals surface area contributed by atoms with Gasteiger partial charge in [-0.3, -0.25) is 0 Å². The molecule has 0 amide bonds. The number of rotatable bonds is 7. The number of aliphatic hydroxyl groups excluding tert-OH is 1. The van der Waals surface area contributed by atoms with E-state index in [1.165, 1.54) is 0 Å². The van der Waals surface area contributed by atoms with Gasteiger partial charge in [-0.2, -0.15) is 0 Å². The summed E-state index contributed by atoms with van der Waals surface area (Å²) in [6, 6.07) is 7.80. The summed E-state index contributed by atoms with van der Waals surface area (Å²) < 4.78 is 11.2. The quantitative estimate of drug-likeness (QED) is 0.421. The second-order valence-electron chi connectivity index (χ2n) is 7.20. The van der Waals surface area contributed by atoms with E-state index in [2.05, 4.69) is 27.4 Å². The molecule has 0 radical (unpaired) electrons. The molecule has 1 aromatic carbocycles. The van der Waals surface area contributed by atoms with Gasteiger partial charge in [0.2, 0.25) is 0 Å². The first-order valence-electron chi connectivity index (χ1n) is 10.2. The Bertz CT molecular complexity index is 889. The highest BCUT2D eigenvalue weighted by atomic mass is 16.7. The van der Waals surface area contributed by atoms with Gasteiger partial charge < -0.3 is 19.9 Å². The molecule has 0 unspecified atom stereocenters. The van der Waals surface area contributed by atoms with Gasteiger partial charge in [0.1, 0.15) is 11.6 Å². The maximum atomic E-state index is 10.2. The van der Waals surface area contributed by atoms with Gasteiger partial charge in [0.05, 0.1) is 17.8 Å². The summed E-state index contributed by atoms with van der Waals surface area (Å²) in [7, 11) is 0. The predicted octanol–water partition coefficient (Wildman–Crippen LogP) is 3.91. The Hall–Kier alpha value is -2.62. The molecule has 2 N–H and O–H groups in total. The largest absolute Gasteiger partial charge is 0.467 e. The van der Waals surface area contributed by atoms with Crippen molar-refractivity contribution in [1.29, 1.82) is 0 Å². The van der Waals surface area contributed by atoms with Crippen LogP contribution in [0.3, 0.4) is 0 Å². The molecule has 0 spiro atoms. The highest BCUT2D eigenvalue weighted by Crippen LogP contribution is 2.32. The molecule has 3 rings (SSSR count). The van der Waals surface area contributed by atoms with Gasteiger partial charge in [-0.15, -0.1) is 16.1 Å². The number of hydrogen-bond donors (Lipinski definition) is 2. The van der Waals surface area contributed by atoms with Crippen LogP contribution in [-0.2, 0) is 4.74 Å². The van der Waals surface area contributed by atoms with Crippen molar-refractivity contribution in [2.24, 2.45) is 0 Å². The number of anilines is 1. The molecule has 1 aliphatic carbocycles. The first kappa shape index (κ1) is 21.1. The Morgan fingerprint density at radius 2 is 2.03 bits per heavy atom. The van der Waals surface area contributed by atoms with Gasteiger partial charge in [-0.05, 0) is 63.4 Å². The maximum absolute atomic E-state index is 10.2. The monoisotopic (exact) mass is 395 g/mol. The number of ether oxygens (including phenoxy) is 2. The van der Waals surface area contributed by atoms with Crippen molar-refractivity contribution in [1.82, 2.24) is 10.2 Å². The molecule has 1 fully saturated rings. The van der Waals surface area contributed by atoms with Crippen LogP contribution in [0.15, 0.2) is 24.3 Å². The van der Waals surface area contributed by atoms with Gasteiger partial charge in [0, 0.05) is 17.7 Å². The van der Waals surface area contributed by atoms with Gasteiger partial charge in [0.15, 0.2) is 6.79 Å². The lowest BCUT2D eigenvalue weighted by Gasteiger charge is -2.28. The van der Waals surface area contributed by atoms with Crippen LogP contribution < -0.4 is 10.1 Å². The molecule has 0 saturated heterocycles. The average molecular weight is 396 g/mol. The zero-order chi connectivity index (χ0) is 20.6. The fourth-order valence-corrected chi connectivity index (χ4v) is 3.54. The summed E-state index contributed by atoms with van der Waals surface area (Å²) in [5.41, 5.74) is 3.45. The third kappa shape index (κ3) is 5.47. The number of nitrogens with zero attached hydrogens (tertiary/aromatic N) is 2. The molecule has 1 saturated carbocycles. The van der Waals surface area contributed by atoms with Crippen molar-refractivity contribution >= 4 is 5.82 Å². The molecule has 6 nitrogen and oxygen atoms in total. The highest BCUT2D eigenvalue weighted by molar-refractivity contribution is 5.71. The van der Waals surface area contributed by atoms with Crippen LogP contribution >= 0.6 is 0 Å². The molecule has 29 heavy (non-hydrogen) atoms. The van der Waals surface area contributed by atoms with E-state index in [1.54, 1.807) is 6.92 Å². The van der Waals surface area contributed by atoms with Crippen molar-refractivity contribution in [2.45, 2.75) is 58.6 Å². The molecule has 1 aliphatic rings. The molecule has 0 bridgehead atoms. The molecule has 1 aromatic heterocycles. The second-order valence-corrected chi connectivity index (χ2v) is 7.20. The molecule has 6 heteroatoms. The summed E-state index contributed by atoms with van der Waals surface area (Å²) in [5.74, 6) is 7.30. The summed E-state index contributed by atoms with van der Waals surface area (Å²) in [5, 5.41) is 22.3. The maximum Gasteiger partial charge on any atom is 0.189 e. The summed E-state index contributed by atoms with van der Waals surface area (Å²) in [6.07, 6.45) is 3.63. The fourth-order valence-electron chi connectivity index (χ4n) is 3.54. The SMILES string of the molecule is CC#Cc1ccc(-c2nnc(N[C@H]3CCCC[C@H]3O)cc2C)c(OCOCC)c1. The predicted molar refractivity (Wildman–Crippen MR) is 114 cm³/mol. The molecule has 2 atom stereocenters. The normalized spacial score (nSPS) is 18.6. The first-order chi connectivity index (χ1) is 14.1. The third-order valence-electron chi connectivity index (χ3n) is 5.06. The molecule has 0 aliphatic heterocycles. The van der Waals surface area contributed by atoms with E-state index < -0.39 is 0 Å². The Morgan fingerprint density at radius 1 is 1.21 bits per heavy atom. The zero-order valence-electron chi connectivity index (χ0n) is 17.4. The van der Waals surface area contributed by atoms with Crippen LogP contribution in [0.2, 0.25) is 0 Å². The van der Waals surface area contributed by atoms with Gasteiger partial charge in [-0.1, -0.05) is 18.8 Å². The molecular formula is C23H29N3O3. The Morgan fingerprint density at radius 3 is 2.76 bits per heavy atom. The number of aryl methyl sites for hydroxylation is 1. The average Bonchev–Trinajstić information content (AvgIpc) is 2.71. The Labute approximate surface area is 172 Å². The van der Waals surface area contributed by atoms with Gasteiger partial charge in [-0.25, -0.2) is 0 Å². The van der Waals surface area contributed by atoms with Crippen LogP contribution in [0.5, 0.6) is 5.75 Å². The number of nitrogens with one attached hydrogen (secondary N) is 1. The summed E-state index contributed by atoms with van der Waals surface area (Å²) in [4.78, 5) is 0. The minimum Gasteiger partial charge on any atom is -0.467 e. The molecule has 154 valence electrons. The number of hydrogen-bond acceptors (Lipinski definition) is 6. The number of benzene rings is 1. The van der Waals surface area contributed by atoms with Crippen LogP contribution in [-0.4, -0.2) is 40.8 Å². The van der Waals surface area contributed by atoms with Crippen molar-refractivity contribution in [3.63, 3.8) is 0 Å². The molecule has 1 heterocycles. The van der Waals surface area contributed by atoms with Crippen LogP contribution in [0.4, 0.5) is 5.82 Å². The zero-order valence-corrected chi connectivity index (χ0v) is 17.4. The fraction of sp³-hybridized carbons (Fsp3) is 0.478. The van der Waals surface area contributed by atoms with Crippen LogP contribution in [0, 0.1) is 18.8 Å². The van der Waals surface area contributed by atoms with E-state index in [0.29, 0.717) is 18.2 Å². The lowest BCUT2D eigenvalue weighted by molar-refractivity contribution is 0.0227. The topological polar surface area (TPSA) is 76.5 Å². The summed E-state index contributed by atoms with van der Waals surface area (Å²) in [6.45, 7) is 6.47. The lowest BCUT2D eigenvalue weighted by atomic mass is 9.92. The van der Waals surface area contributed by atoms with Crippen molar-refractivity contribution < 1.29 is 14.6 Å². The van der Waals surface area contributed by atoms with Crippen LogP contribution in [0.1, 0.15) is 50.7 Å². The summed E-state index contributed by atoms with van der Waals surface area (Å²) >= 11 is 0. The second kappa shape index (κ2) is 10.2. The smallest absolute Gasteiger partial charge is 0.189 e. The lowest BCUT2D eigenvalue weighted by Crippen LogP contribution is -2.36. The number of aliphatic hydroxyl groups is 1. The van der Waals surface area contributed by atoms with E-state index in [4.69, 9.17) is 9.47 Å². The minimum atomic E-state index is -0.337. The highest BCUT2D eigenvalue weighted by Gasteiger charge is 2.23. The molecular weight excluding hydrogens is 366 g/mol. The Kier molecular flexibility index (Phi) is 7.45. The van der Waals surface area contributed by atoms with E-state index in [9.17, 15) is 5.11 Å². The van der Waals surface area contributed by atoms with E-state index >= 15 is 0 Å². The van der Waals surface area contributed by atoms with Gasteiger partial charge >= 0.3 is 0 Å². The van der Waals surface area contributed by atoms with Crippen molar-refractivity contribution in [2.75, 3.05) is 18.7 Å². The van der Waals surface area contributed by atoms with Gasteiger partial charge in [0.25, 0.3) is 0 Å². The number of aromatic nitrogens is 2. The van der Waals surface area contributed by atoms with E-state index in [0.717, 1.165) is 48.1 Å². The standard InChI is InChI=1S/C23H29N3O3/c1-4-8-17-11-12-18(21(14-17)29-15-28-5-2)23-16(3)13-22(25-26-23)24-19-9-6-7-10-20(19)27/h11-14,19-20,27H,5-7,9-10,15H2,1-3H3,(H,24,25)/t19-,20+/m0/s1. The Balaban J connectivity index is 1.85. The van der Waals surface area contributed by atoms with Crippen molar-refractivity contribution in [3.05, 3.63) is 35.4 Å². The minimum absolute atomic E-state index is 0.0280. The first-order valence-corrected chi connectivity index (χ1v) is 10.2. The van der Waals surface area contributed by atoms with E-state index in [1.807, 2.05) is 38.1 Å².